The number of alkyl halides is 1. The molecule has 0 unspecified atom stereocenters. The zero-order valence-corrected chi connectivity index (χ0v) is 14.5. The smallest absolute Gasteiger partial charge is 0.410 e. The maximum absolute atomic E-state index is 14.7. The van der Waals surface area contributed by atoms with Gasteiger partial charge < -0.3 is 15.0 Å². The van der Waals surface area contributed by atoms with Crippen LogP contribution in [0.25, 0.3) is 11.1 Å². The number of carbonyl (C=O) groups is 1. The van der Waals surface area contributed by atoms with Crippen molar-refractivity contribution in [3.05, 3.63) is 59.7 Å². The first-order valence-corrected chi connectivity index (χ1v) is 9.19. The van der Waals surface area contributed by atoms with E-state index in [0.717, 1.165) is 0 Å². The van der Waals surface area contributed by atoms with Crippen molar-refractivity contribution in [2.75, 3.05) is 26.2 Å². The van der Waals surface area contributed by atoms with Gasteiger partial charge in [0.2, 0.25) is 0 Å². The predicted octanol–water partition coefficient (Wildman–Crippen LogP) is 3.32. The number of amides is 1. The zero-order valence-electron chi connectivity index (χ0n) is 14.5. The molecule has 26 heavy (non-hydrogen) atoms. The van der Waals surface area contributed by atoms with Crippen molar-refractivity contribution in [1.29, 1.82) is 0 Å². The molecule has 1 N–H and O–H groups in total. The third kappa shape index (κ3) is 2.27. The summed E-state index contributed by atoms with van der Waals surface area (Å²) in [6.07, 6.45) is -0.0189. The van der Waals surface area contributed by atoms with Gasteiger partial charge >= 0.3 is 6.09 Å². The van der Waals surface area contributed by atoms with Crippen molar-refractivity contribution in [3.8, 4) is 11.1 Å². The summed E-state index contributed by atoms with van der Waals surface area (Å²) in [4.78, 5) is 14.2. The van der Waals surface area contributed by atoms with E-state index in [0.29, 0.717) is 26.1 Å². The predicted molar refractivity (Wildman–Crippen MR) is 96.9 cm³/mol. The van der Waals surface area contributed by atoms with Crippen molar-refractivity contribution in [1.82, 2.24) is 10.2 Å². The van der Waals surface area contributed by atoms with Crippen LogP contribution in [-0.2, 0) is 4.74 Å². The summed E-state index contributed by atoms with van der Waals surface area (Å²) in [6.45, 7) is 1.54. The van der Waals surface area contributed by atoms with Crippen LogP contribution in [0, 0.1) is 0 Å². The molecule has 0 aromatic heterocycles. The lowest BCUT2D eigenvalue weighted by Gasteiger charge is -2.25. The molecular weight excluding hydrogens is 331 g/mol. The van der Waals surface area contributed by atoms with Crippen molar-refractivity contribution in [2.24, 2.45) is 0 Å². The normalized spacial score (nSPS) is 26.5. The highest BCUT2D eigenvalue weighted by Crippen LogP contribution is 2.44. The summed E-state index contributed by atoms with van der Waals surface area (Å²) in [5.41, 5.74) is 3.47. The molecule has 5 heteroatoms. The van der Waals surface area contributed by atoms with Crippen molar-refractivity contribution < 1.29 is 13.9 Å². The monoisotopic (exact) mass is 352 g/mol. The second-order valence-corrected chi connectivity index (χ2v) is 7.43. The van der Waals surface area contributed by atoms with Gasteiger partial charge in [0, 0.05) is 32.0 Å². The molecule has 0 saturated carbocycles. The Morgan fingerprint density at radius 1 is 1.15 bits per heavy atom. The Kier molecular flexibility index (Phi) is 3.54. The highest BCUT2D eigenvalue weighted by atomic mass is 19.1. The zero-order chi connectivity index (χ0) is 17.7. The van der Waals surface area contributed by atoms with Crippen LogP contribution in [0.15, 0.2) is 48.5 Å². The van der Waals surface area contributed by atoms with E-state index in [2.05, 4.69) is 29.6 Å². The number of hydrogen-bond donors (Lipinski definition) is 1. The molecule has 3 aliphatic rings. The van der Waals surface area contributed by atoms with Gasteiger partial charge in [-0.25, -0.2) is 9.18 Å². The number of halogens is 1. The summed E-state index contributed by atoms with van der Waals surface area (Å²) in [6, 6.07) is 16.1. The van der Waals surface area contributed by atoms with Gasteiger partial charge in [-0.3, -0.25) is 0 Å². The minimum absolute atomic E-state index is 0.0331. The molecule has 134 valence electrons. The van der Waals surface area contributed by atoms with Crippen LogP contribution < -0.4 is 5.32 Å². The van der Waals surface area contributed by atoms with Gasteiger partial charge in [0.15, 0.2) is 0 Å². The molecule has 1 aliphatic carbocycles. The Hall–Kier alpha value is -2.40. The van der Waals surface area contributed by atoms with Crippen LogP contribution in [0.3, 0.4) is 0 Å². The number of nitrogens with zero attached hydrogens (tertiary/aromatic N) is 1. The number of hydrogen-bond acceptors (Lipinski definition) is 3. The quantitative estimate of drug-likeness (QED) is 0.901. The first-order valence-electron chi connectivity index (χ1n) is 9.19. The van der Waals surface area contributed by atoms with Gasteiger partial charge in [-0.2, -0.15) is 0 Å². The van der Waals surface area contributed by atoms with Gasteiger partial charge in [-0.1, -0.05) is 48.5 Å². The fraction of sp³-hybridized carbons (Fsp3) is 0.381. The maximum atomic E-state index is 14.7. The first kappa shape index (κ1) is 15.8. The van der Waals surface area contributed by atoms with E-state index >= 15 is 0 Å². The summed E-state index contributed by atoms with van der Waals surface area (Å²) >= 11 is 0. The standard InChI is InChI=1S/C21H21FN2O2/c22-21-9-10-24(19(21)11-23-13-21)20(25)26-12-18-16-7-3-1-5-14(16)15-6-2-4-8-17(15)18/h1-8,18-19,23H,9-13H2/t19-,21-/m1/s1. The maximum Gasteiger partial charge on any atom is 0.410 e. The van der Waals surface area contributed by atoms with E-state index in [9.17, 15) is 9.18 Å². The van der Waals surface area contributed by atoms with Crippen molar-refractivity contribution >= 4 is 6.09 Å². The molecule has 0 spiro atoms. The Morgan fingerprint density at radius 2 is 1.81 bits per heavy atom. The highest BCUT2D eigenvalue weighted by Gasteiger charge is 2.53. The van der Waals surface area contributed by atoms with Gasteiger partial charge in [0.1, 0.15) is 12.3 Å². The molecule has 5 rings (SSSR count). The van der Waals surface area contributed by atoms with Crippen LogP contribution >= 0.6 is 0 Å². The van der Waals surface area contributed by atoms with E-state index in [1.54, 1.807) is 4.90 Å². The van der Waals surface area contributed by atoms with Crippen molar-refractivity contribution in [3.63, 3.8) is 0 Å². The first-order chi connectivity index (χ1) is 12.7. The number of benzene rings is 2. The Labute approximate surface area is 152 Å². The Balaban J connectivity index is 1.35. The number of likely N-dealkylation sites (tertiary alicyclic amines) is 1. The molecule has 2 aromatic rings. The molecule has 0 bridgehead atoms. The third-order valence-electron chi connectivity index (χ3n) is 6.07. The van der Waals surface area contributed by atoms with Gasteiger partial charge in [0.25, 0.3) is 0 Å². The number of fused-ring (bicyclic) bond motifs is 4. The summed E-state index contributed by atoms with van der Waals surface area (Å²) < 4.78 is 20.4. The summed E-state index contributed by atoms with van der Waals surface area (Å²) in [7, 11) is 0. The minimum atomic E-state index is -1.30. The SMILES string of the molecule is O=C(OCC1c2ccccc2-c2ccccc21)N1CC[C@@]2(F)CNC[C@@H]12. The average molecular weight is 352 g/mol. The van der Waals surface area contributed by atoms with Crippen LogP contribution in [0.1, 0.15) is 23.5 Å². The second-order valence-electron chi connectivity index (χ2n) is 7.43. The summed E-state index contributed by atoms with van der Waals surface area (Å²) in [5.74, 6) is 0.0331. The number of ether oxygens (including phenoxy) is 1. The van der Waals surface area contributed by atoms with Crippen LogP contribution in [0.2, 0.25) is 0 Å². The van der Waals surface area contributed by atoms with Gasteiger partial charge in [-0.15, -0.1) is 0 Å². The van der Waals surface area contributed by atoms with E-state index in [-0.39, 0.29) is 12.5 Å². The minimum Gasteiger partial charge on any atom is -0.448 e. The Morgan fingerprint density at radius 3 is 2.50 bits per heavy atom. The molecule has 2 fully saturated rings. The van der Waals surface area contributed by atoms with Crippen molar-refractivity contribution in [2.45, 2.75) is 24.0 Å². The fourth-order valence-electron chi connectivity index (χ4n) is 4.72. The molecule has 4 nitrogen and oxygen atoms in total. The molecule has 2 saturated heterocycles. The second kappa shape index (κ2) is 5.81. The molecule has 2 heterocycles. The third-order valence-corrected chi connectivity index (χ3v) is 6.07. The molecule has 1 amide bonds. The lowest BCUT2D eigenvalue weighted by molar-refractivity contribution is 0.0821. The van der Waals surface area contributed by atoms with Gasteiger partial charge in [-0.05, 0) is 22.3 Å². The van der Waals surface area contributed by atoms with E-state index < -0.39 is 17.8 Å². The number of rotatable bonds is 2. The molecule has 2 aromatic carbocycles. The molecule has 0 radical (unpaired) electrons. The van der Waals surface area contributed by atoms with Crippen LogP contribution in [-0.4, -0.2) is 48.9 Å². The van der Waals surface area contributed by atoms with Crippen LogP contribution in [0.4, 0.5) is 9.18 Å². The number of carbonyl (C=O) groups excluding carboxylic acids is 1. The van der Waals surface area contributed by atoms with E-state index in [1.807, 2.05) is 24.3 Å². The van der Waals surface area contributed by atoms with Gasteiger partial charge in [0.05, 0.1) is 6.04 Å². The largest absolute Gasteiger partial charge is 0.448 e. The lowest BCUT2D eigenvalue weighted by atomic mass is 9.98. The Bertz CT molecular complexity index is 825. The fourth-order valence-corrected chi connectivity index (χ4v) is 4.72. The molecule has 2 aliphatic heterocycles. The van der Waals surface area contributed by atoms with E-state index in [4.69, 9.17) is 4.74 Å². The average Bonchev–Trinajstić information content (AvgIpc) is 3.29. The number of nitrogens with one attached hydrogen (secondary N) is 1. The highest BCUT2D eigenvalue weighted by molar-refractivity contribution is 5.79. The van der Waals surface area contributed by atoms with E-state index in [1.165, 1.54) is 22.3 Å². The van der Waals surface area contributed by atoms with Crippen LogP contribution in [0.5, 0.6) is 0 Å². The summed E-state index contributed by atoms with van der Waals surface area (Å²) in [5, 5.41) is 3.05. The topological polar surface area (TPSA) is 41.6 Å². The molecule has 2 atom stereocenters. The lowest BCUT2D eigenvalue weighted by Crippen LogP contribution is -2.44. The molecular formula is C21H21FN2O2.